The molecule has 6 nitrogen and oxygen atoms in total. The van der Waals surface area contributed by atoms with Crippen LogP contribution in [0.2, 0.25) is 0 Å². The first-order valence-corrected chi connectivity index (χ1v) is 6.32. The zero-order valence-electron chi connectivity index (χ0n) is 8.88. The van der Waals surface area contributed by atoms with Gasteiger partial charge in [-0.05, 0) is 22.0 Å². The van der Waals surface area contributed by atoms with Gasteiger partial charge in [0.25, 0.3) is 0 Å². The van der Waals surface area contributed by atoms with Crippen molar-refractivity contribution in [3.63, 3.8) is 0 Å². The van der Waals surface area contributed by atoms with Crippen molar-refractivity contribution < 1.29 is 9.13 Å². The van der Waals surface area contributed by atoms with Gasteiger partial charge in [0.05, 0.1) is 0 Å². The predicted molar refractivity (Wildman–Crippen MR) is 62.9 cm³/mol. The third kappa shape index (κ3) is 3.58. The number of nitro groups is 1. The maximum atomic E-state index is 11.1. The number of hydrogen-bond donors (Lipinski definition) is 1. The lowest BCUT2D eigenvalue weighted by molar-refractivity contribution is -0.388. The molecule has 0 aliphatic rings. The van der Waals surface area contributed by atoms with E-state index in [1.807, 2.05) is 6.92 Å². The molecule has 0 amide bonds. The number of nitrogens with one attached hydrogen (secondary N) is 1. The molecule has 88 valence electrons. The summed E-state index contributed by atoms with van der Waals surface area (Å²) >= 11 is 0. The van der Waals surface area contributed by atoms with Gasteiger partial charge in [-0.15, -0.1) is 0 Å². The summed E-state index contributed by atoms with van der Waals surface area (Å²) in [6.45, 7) is 2.27. The summed E-state index contributed by atoms with van der Waals surface area (Å²) in [4.78, 5) is 13.7. The standard InChI is InChI=1S/C9H13N3O3S/c1-2-16(15)7-6-10-8-4-3-5-11-9(8)12(13)14/h3-5,10H,2,6-7H2,1H3. The zero-order valence-corrected chi connectivity index (χ0v) is 9.70. The van der Waals surface area contributed by atoms with Gasteiger partial charge in [-0.3, -0.25) is 4.21 Å². The molecule has 0 aliphatic heterocycles. The van der Waals surface area contributed by atoms with Crippen LogP contribution in [-0.4, -0.2) is 32.2 Å². The number of rotatable bonds is 6. The normalized spacial score (nSPS) is 12.1. The van der Waals surface area contributed by atoms with Crippen molar-refractivity contribution in [1.29, 1.82) is 0 Å². The summed E-state index contributed by atoms with van der Waals surface area (Å²) in [6.07, 6.45) is 1.37. The molecule has 1 aromatic heterocycles. The molecule has 1 N–H and O–H groups in total. The monoisotopic (exact) mass is 243 g/mol. The van der Waals surface area contributed by atoms with Crippen molar-refractivity contribution in [1.82, 2.24) is 4.98 Å². The summed E-state index contributed by atoms with van der Waals surface area (Å²) < 4.78 is 11.1. The SMILES string of the molecule is CCS(=O)CCNc1cccnc1[N+](=O)[O-]. The van der Waals surface area contributed by atoms with Crippen LogP contribution in [0.15, 0.2) is 18.3 Å². The lowest BCUT2D eigenvalue weighted by Crippen LogP contribution is -2.13. The van der Waals surface area contributed by atoms with E-state index >= 15 is 0 Å². The maximum Gasteiger partial charge on any atom is 0.386 e. The van der Waals surface area contributed by atoms with Crippen LogP contribution < -0.4 is 5.32 Å². The van der Waals surface area contributed by atoms with E-state index in [4.69, 9.17) is 0 Å². The largest absolute Gasteiger partial charge is 0.386 e. The van der Waals surface area contributed by atoms with Crippen LogP contribution in [0.3, 0.4) is 0 Å². The van der Waals surface area contributed by atoms with Gasteiger partial charge < -0.3 is 15.4 Å². The molecule has 0 radical (unpaired) electrons. The summed E-state index contributed by atoms with van der Waals surface area (Å²) in [6, 6.07) is 3.20. The number of aromatic nitrogens is 1. The highest BCUT2D eigenvalue weighted by atomic mass is 32.2. The van der Waals surface area contributed by atoms with Gasteiger partial charge in [-0.1, -0.05) is 6.92 Å². The Hall–Kier alpha value is -1.50. The summed E-state index contributed by atoms with van der Waals surface area (Å²) in [5, 5.41) is 13.5. The second-order valence-electron chi connectivity index (χ2n) is 2.99. The second kappa shape index (κ2) is 6.16. The molecule has 16 heavy (non-hydrogen) atoms. The fraction of sp³-hybridized carbons (Fsp3) is 0.444. The topological polar surface area (TPSA) is 85.1 Å². The molecule has 0 spiro atoms. The highest BCUT2D eigenvalue weighted by molar-refractivity contribution is 7.84. The number of anilines is 1. The number of pyridine rings is 1. The van der Waals surface area contributed by atoms with Gasteiger partial charge in [0.15, 0.2) is 0 Å². The molecule has 0 bridgehead atoms. The summed E-state index contributed by atoms with van der Waals surface area (Å²) in [5.74, 6) is 0.865. The lowest BCUT2D eigenvalue weighted by Gasteiger charge is -2.05. The molecule has 0 saturated carbocycles. The summed E-state index contributed by atoms with van der Waals surface area (Å²) in [5.41, 5.74) is 0.362. The average Bonchev–Trinajstić information content (AvgIpc) is 2.29. The lowest BCUT2D eigenvalue weighted by atomic mass is 10.4. The fourth-order valence-electron chi connectivity index (χ4n) is 1.12. The Bertz CT molecular complexity index is 397. The Labute approximate surface area is 95.7 Å². The van der Waals surface area contributed by atoms with E-state index in [2.05, 4.69) is 10.3 Å². The summed E-state index contributed by atoms with van der Waals surface area (Å²) in [7, 11) is -0.871. The van der Waals surface area contributed by atoms with Gasteiger partial charge in [0, 0.05) is 28.9 Å². The van der Waals surface area contributed by atoms with E-state index < -0.39 is 15.7 Å². The Morgan fingerprint density at radius 3 is 3.00 bits per heavy atom. The smallest absolute Gasteiger partial charge is 0.377 e. The first-order valence-electron chi connectivity index (χ1n) is 4.83. The minimum atomic E-state index is -0.871. The Morgan fingerprint density at radius 2 is 2.38 bits per heavy atom. The molecular formula is C9H13N3O3S. The quantitative estimate of drug-likeness (QED) is 0.598. The van der Waals surface area contributed by atoms with Gasteiger partial charge >= 0.3 is 5.82 Å². The van der Waals surface area contributed by atoms with Crippen molar-refractivity contribution in [2.75, 3.05) is 23.4 Å². The van der Waals surface area contributed by atoms with Crippen molar-refractivity contribution >= 4 is 22.3 Å². The van der Waals surface area contributed by atoms with Crippen LogP contribution in [0.4, 0.5) is 11.5 Å². The Kier molecular flexibility index (Phi) is 4.84. The first kappa shape index (κ1) is 12.6. The van der Waals surface area contributed by atoms with Crippen LogP contribution in [0.25, 0.3) is 0 Å². The molecule has 7 heteroatoms. The van der Waals surface area contributed by atoms with Gasteiger partial charge in [0.1, 0.15) is 11.9 Å². The van der Waals surface area contributed by atoms with E-state index in [0.717, 1.165) is 0 Å². The van der Waals surface area contributed by atoms with E-state index in [9.17, 15) is 14.3 Å². The van der Waals surface area contributed by atoms with Crippen molar-refractivity contribution in [3.8, 4) is 0 Å². The molecule has 1 aromatic rings. The van der Waals surface area contributed by atoms with Crippen molar-refractivity contribution in [2.24, 2.45) is 0 Å². The molecule has 1 unspecified atom stereocenters. The van der Waals surface area contributed by atoms with Crippen LogP contribution in [-0.2, 0) is 10.8 Å². The van der Waals surface area contributed by atoms with E-state index in [-0.39, 0.29) is 5.82 Å². The molecule has 1 rings (SSSR count). The van der Waals surface area contributed by atoms with Crippen LogP contribution in [0.1, 0.15) is 6.92 Å². The Balaban J connectivity index is 2.60. The molecule has 0 aliphatic carbocycles. The van der Waals surface area contributed by atoms with Crippen LogP contribution >= 0.6 is 0 Å². The minimum absolute atomic E-state index is 0.204. The minimum Gasteiger partial charge on any atom is -0.377 e. The van der Waals surface area contributed by atoms with E-state index in [0.29, 0.717) is 23.7 Å². The van der Waals surface area contributed by atoms with Gasteiger partial charge in [0.2, 0.25) is 0 Å². The predicted octanol–water partition coefficient (Wildman–Crippen LogP) is 1.17. The highest BCUT2D eigenvalue weighted by Gasteiger charge is 2.13. The van der Waals surface area contributed by atoms with Gasteiger partial charge in [-0.25, -0.2) is 0 Å². The fourth-order valence-corrected chi connectivity index (χ4v) is 1.74. The average molecular weight is 243 g/mol. The van der Waals surface area contributed by atoms with Crippen molar-refractivity contribution in [3.05, 3.63) is 28.4 Å². The van der Waals surface area contributed by atoms with Crippen LogP contribution in [0.5, 0.6) is 0 Å². The zero-order chi connectivity index (χ0) is 12.0. The second-order valence-corrected chi connectivity index (χ2v) is 4.86. The third-order valence-electron chi connectivity index (χ3n) is 1.93. The molecule has 0 aromatic carbocycles. The number of nitrogens with zero attached hydrogens (tertiary/aromatic N) is 2. The molecule has 1 heterocycles. The van der Waals surface area contributed by atoms with Crippen molar-refractivity contribution in [2.45, 2.75) is 6.92 Å². The van der Waals surface area contributed by atoms with Crippen LogP contribution in [0, 0.1) is 10.1 Å². The molecule has 0 fully saturated rings. The molecule has 0 saturated heterocycles. The van der Waals surface area contributed by atoms with Gasteiger partial charge in [-0.2, -0.15) is 0 Å². The molecular weight excluding hydrogens is 230 g/mol. The Morgan fingerprint density at radius 1 is 1.62 bits per heavy atom. The number of hydrogen-bond acceptors (Lipinski definition) is 5. The van der Waals surface area contributed by atoms with E-state index in [1.54, 1.807) is 12.1 Å². The molecule has 1 atom stereocenters. The maximum absolute atomic E-state index is 11.1. The third-order valence-corrected chi connectivity index (χ3v) is 3.23. The van der Waals surface area contributed by atoms with E-state index in [1.165, 1.54) is 6.20 Å². The first-order chi connectivity index (χ1) is 7.65. The highest BCUT2D eigenvalue weighted by Crippen LogP contribution is 2.19.